The van der Waals surface area contributed by atoms with Crippen LogP contribution in [0.2, 0.25) is 0 Å². The number of aromatic hydroxyl groups is 1. The number of benzene rings is 1. The predicted octanol–water partition coefficient (Wildman–Crippen LogP) is -6.25. The van der Waals surface area contributed by atoms with Gasteiger partial charge >= 0.3 is 41.8 Å². The van der Waals surface area contributed by atoms with Crippen molar-refractivity contribution in [2.45, 2.75) is 114 Å². The first-order chi connectivity index (χ1) is 33.9. The van der Waals surface area contributed by atoms with E-state index < -0.39 is 201 Å². The van der Waals surface area contributed by atoms with Gasteiger partial charge in [0, 0.05) is 12.8 Å². The van der Waals surface area contributed by atoms with Crippen molar-refractivity contribution < 1.29 is 113 Å². The van der Waals surface area contributed by atoms with E-state index in [1.54, 1.807) is 0 Å². The molecule has 18 N–H and O–H groups in total. The first-order valence-electron chi connectivity index (χ1n) is 21.4. The minimum atomic E-state index is -2.20. The number of nitrogens with one attached hydrogen (secondary N) is 8. The van der Waals surface area contributed by atoms with E-state index in [0.29, 0.717) is 0 Å². The third kappa shape index (κ3) is 23.9. The Hall–Kier alpha value is -8.97. The van der Waals surface area contributed by atoms with Gasteiger partial charge in [0.1, 0.15) is 48.0 Å². The summed E-state index contributed by atoms with van der Waals surface area (Å²) in [6.07, 6.45) is -7.73. The molecule has 0 aromatic heterocycles. The van der Waals surface area contributed by atoms with Crippen LogP contribution in [0.5, 0.6) is 5.75 Å². The smallest absolute Gasteiger partial charge is 0.326 e. The van der Waals surface area contributed by atoms with E-state index in [1.165, 1.54) is 26.0 Å². The van der Waals surface area contributed by atoms with Gasteiger partial charge in [0.15, 0.2) is 0 Å². The fourth-order valence-corrected chi connectivity index (χ4v) is 6.10. The molecule has 0 fully saturated rings. The Labute approximate surface area is 411 Å². The quantitative estimate of drug-likeness (QED) is 0.0311. The molecule has 32 heteroatoms. The van der Waals surface area contributed by atoms with Crippen molar-refractivity contribution in [3.63, 3.8) is 0 Å². The number of carboxylic acids is 7. The molecule has 73 heavy (non-hydrogen) atoms. The molecule has 1 aromatic rings. The van der Waals surface area contributed by atoms with Crippen LogP contribution in [-0.4, -0.2) is 185 Å². The maximum Gasteiger partial charge on any atom is 0.326 e. The second-order valence-electron chi connectivity index (χ2n) is 16.1. The van der Waals surface area contributed by atoms with Crippen molar-refractivity contribution in [2.24, 2.45) is 11.7 Å². The lowest BCUT2D eigenvalue weighted by atomic mass is 10.0. The molecule has 1 rings (SSSR count). The molecule has 402 valence electrons. The minimum absolute atomic E-state index is 0.193. The van der Waals surface area contributed by atoms with Gasteiger partial charge in [-0.1, -0.05) is 26.0 Å². The summed E-state index contributed by atoms with van der Waals surface area (Å²) in [4.78, 5) is 186. The van der Waals surface area contributed by atoms with Crippen LogP contribution in [0.1, 0.15) is 64.4 Å². The molecule has 0 saturated carbocycles. The van der Waals surface area contributed by atoms with Crippen LogP contribution in [0.25, 0.3) is 0 Å². The summed E-state index contributed by atoms with van der Waals surface area (Å²) in [6, 6.07) is -10.5. The fourth-order valence-electron chi connectivity index (χ4n) is 6.10. The van der Waals surface area contributed by atoms with E-state index >= 15 is 0 Å². The summed E-state index contributed by atoms with van der Waals surface area (Å²) >= 11 is 0. The molecule has 0 spiro atoms. The molecule has 0 bridgehead atoms. The van der Waals surface area contributed by atoms with E-state index in [4.69, 9.17) is 21.1 Å². The molecule has 0 saturated heterocycles. The van der Waals surface area contributed by atoms with E-state index in [9.17, 15) is 97.5 Å². The van der Waals surface area contributed by atoms with Crippen LogP contribution >= 0.6 is 0 Å². The van der Waals surface area contributed by atoms with Gasteiger partial charge in [-0.3, -0.25) is 67.1 Å². The number of carboxylic acid groups (broad SMARTS) is 7. The van der Waals surface area contributed by atoms with E-state index in [-0.39, 0.29) is 11.3 Å². The number of phenols is 1. The van der Waals surface area contributed by atoms with Crippen molar-refractivity contribution in [1.29, 1.82) is 0 Å². The fraction of sp³-hybridized carbons (Fsp3) is 0.488. The molecule has 1 aromatic carbocycles. The van der Waals surface area contributed by atoms with Gasteiger partial charge in [-0.25, -0.2) is 4.79 Å². The monoisotopic (exact) mass is 1040 g/mol. The third-order valence-corrected chi connectivity index (χ3v) is 9.74. The highest BCUT2D eigenvalue weighted by Gasteiger charge is 2.36. The highest BCUT2D eigenvalue weighted by atomic mass is 16.4. The zero-order valence-corrected chi connectivity index (χ0v) is 38.6. The van der Waals surface area contributed by atoms with Gasteiger partial charge in [0.2, 0.25) is 47.3 Å². The predicted molar refractivity (Wildman–Crippen MR) is 237 cm³/mol. The molecule has 0 aliphatic rings. The number of rotatable bonds is 33. The number of carbonyl (C=O) groups excluding carboxylic acids is 8. The van der Waals surface area contributed by atoms with Crippen molar-refractivity contribution >= 4 is 89.0 Å². The largest absolute Gasteiger partial charge is 0.508 e. The Morgan fingerprint density at radius 2 is 0.849 bits per heavy atom. The summed E-state index contributed by atoms with van der Waals surface area (Å²) in [5, 5.41) is 91.0. The van der Waals surface area contributed by atoms with Crippen LogP contribution in [0.15, 0.2) is 24.3 Å². The lowest BCUT2D eigenvalue weighted by Gasteiger charge is -2.26. The molecule has 8 atom stereocenters. The van der Waals surface area contributed by atoms with Crippen LogP contribution < -0.4 is 48.3 Å². The number of nitrogens with two attached hydrogens (primary N) is 1. The van der Waals surface area contributed by atoms with Crippen molar-refractivity contribution in [3.05, 3.63) is 29.8 Å². The topological polar surface area (TPSA) is 540 Å². The Morgan fingerprint density at radius 3 is 1.29 bits per heavy atom. The van der Waals surface area contributed by atoms with Crippen LogP contribution in [0.4, 0.5) is 0 Å². The maximum absolute atomic E-state index is 13.7. The summed E-state index contributed by atoms with van der Waals surface area (Å²) in [5.74, 6) is -23.3. The van der Waals surface area contributed by atoms with E-state index in [2.05, 4.69) is 16.0 Å². The Balaban J connectivity index is 3.42. The zero-order chi connectivity index (χ0) is 55.9. The third-order valence-electron chi connectivity index (χ3n) is 9.74. The Bertz CT molecular complexity index is 2270. The highest BCUT2D eigenvalue weighted by molar-refractivity contribution is 6.00. The highest BCUT2D eigenvalue weighted by Crippen LogP contribution is 2.13. The van der Waals surface area contributed by atoms with Crippen LogP contribution in [-0.2, 0) is 78.3 Å². The van der Waals surface area contributed by atoms with E-state index in [1.807, 2.05) is 26.6 Å². The summed E-state index contributed by atoms with van der Waals surface area (Å²) in [6.45, 7) is 1.67. The minimum Gasteiger partial charge on any atom is -0.508 e. The number of hydrogen-bond acceptors (Lipinski definition) is 17. The average Bonchev–Trinajstić information content (AvgIpc) is 3.26. The van der Waals surface area contributed by atoms with Gasteiger partial charge in [-0.05, 0) is 30.0 Å². The molecule has 0 aliphatic carbocycles. The SMILES string of the molecule is CC(C)[C@H](NC(=O)[C@H](CC(=O)O)NC(=O)CNC(=O)[C@H](Cc1ccc(O)cc1)NC(=O)[C@H](CC(=O)O)NC(=O)[C@H](CC(=O)O)NC(=O)[C@H](CCC(=O)O)NC(=O)[C@@H](N)CC(=O)O)C(=O)N[C@@H](CC(=O)O)C(=O)O. The maximum atomic E-state index is 13.7. The first kappa shape index (κ1) is 62.0. The Morgan fingerprint density at radius 1 is 0.452 bits per heavy atom. The zero-order valence-electron chi connectivity index (χ0n) is 38.6. The molecular weight excluding hydrogens is 986 g/mol. The molecule has 0 heterocycles. The molecule has 32 nitrogen and oxygen atoms in total. The van der Waals surface area contributed by atoms with Gasteiger partial charge in [0.05, 0.1) is 44.7 Å². The summed E-state index contributed by atoms with van der Waals surface area (Å²) < 4.78 is 0. The number of amides is 8. The number of phenolic OH excluding ortho intramolecular Hbond substituents is 1. The number of carbonyl (C=O) groups is 15. The standard InChI is InChI=1S/C41H55N9O23/c1-16(2)33(40(71)49-25(41(72)73)14-32(63)64)50-39(70)22(11-29(57)58)44-26(52)15-43-35(66)21(9-17-3-5-18(51)6-4-17)46-37(68)24(13-31(61)62)48-38(69)23(12-30(59)60)47-36(67)20(7-8-27(53)54)45-34(65)19(42)10-28(55)56/h3-6,16,19-25,33,51H,7-15,42H2,1-2H3,(H,43,66)(H,44,52)(H,45,65)(H,46,68)(H,47,67)(H,48,69)(H,49,71)(H,50,70)(H,53,54)(H,55,56)(H,57,58)(H,59,60)(H,61,62)(H,63,64)(H,72,73)/t19-,20-,21-,22-,23-,24-,25-,33-/m0/s1. The van der Waals surface area contributed by atoms with Crippen molar-refractivity contribution in [2.75, 3.05) is 6.54 Å². The van der Waals surface area contributed by atoms with Gasteiger partial charge in [-0.2, -0.15) is 0 Å². The second kappa shape index (κ2) is 29.9. The van der Waals surface area contributed by atoms with Gasteiger partial charge in [-0.15, -0.1) is 0 Å². The summed E-state index contributed by atoms with van der Waals surface area (Å²) in [7, 11) is 0. The van der Waals surface area contributed by atoms with Crippen molar-refractivity contribution in [1.82, 2.24) is 42.5 Å². The van der Waals surface area contributed by atoms with E-state index in [0.717, 1.165) is 12.1 Å². The summed E-state index contributed by atoms with van der Waals surface area (Å²) in [5.41, 5.74) is 5.70. The normalized spacial score (nSPS) is 14.0. The van der Waals surface area contributed by atoms with Crippen LogP contribution in [0.3, 0.4) is 0 Å². The van der Waals surface area contributed by atoms with Gasteiger partial charge < -0.3 is 89.1 Å². The lowest BCUT2D eigenvalue weighted by Crippen LogP contribution is -2.60. The molecule has 8 amide bonds. The van der Waals surface area contributed by atoms with Crippen molar-refractivity contribution in [3.8, 4) is 5.75 Å². The molecule has 0 radical (unpaired) electrons. The van der Waals surface area contributed by atoms with Crippen LogP contribution in [0, 0.1) is 5.92 Å². The average molecular weight is 1040 g/mol. The molecular formula is C41H55N9O23. The Kier molecular flexibility index (Phi) is 25.4. The van der Waals surface area contributed by atoms with Gasteiger partial charge in [0.25, 0.3) is 0 Å². The molecule has 0 aliphatic heterocycles. The first-order valence-corrected chi connectivity index (χ1v) is 21.4. The lowest BCUT2D eigenvalue weighted by molar-refractivity contribution is -0.147. The molecule has 0 unspecified atom stereocenters. The number of aliphatic carboxylic acids is 7. The number of hydrogen-bond donors (Lipinski definition) is 17. The second-order valence-corrected chi connectivity index (χ2v) is 16.1.